The van der Waals surface area contributed by atoms with E-state index < -0.39 is 11.4 Å². The van der Waals surface area contributed by atoms with Crippen molar-refractivity contribution in [2.45, 2.75) is 38.7 Å². The van der Waals surface area contributed by atoms with Crippen molar-refractivity contribution in [3.05, 3.63) is 59.4 Å². The molecular formula is C24H25FN2O4. The summed E-state index contributed by atoms with van der Waals surface area (Å²) in [5, 5.41) is 0. The first-order valence-electron chi connectivity index (χ1n) is 10.5. The first kappa shape index (κ1) is 21.0. The largest absolute Gasteiger partial charge is 0.476 e. The van der Waals surface area contributed by atoms with Crippen LogP contribution in [0.3, 0.4) is 0 Å². The zero-order chi connectivity index (χ0) is 22.2. The Kier molecular flexibility index (Phi) is 5.52. The Bertz CT molecular complexity index is 1030. The number of hydrogen-bond donors (Lipinski definition) is 0. The quantitative estimate of drug-likeness (QED) is 0.700. The van der Waals surface area contributed by atoms with Crippen molar-refractivity contribution < 1.29 is 23.5 Å². The molecule has 31 heavy (non-hydrogen) atoms. The van der Waals surface area contributed by atoms with Gasteiger partial charge < -0.3 is 9.64 Å². The van der Waals surface area contributed by atoms with Crippen LogP contribution in [0.25, 0.3) is 0 Å². The van der Waals surface area contributed by atoms with E-state index in [4.69, 9.17) is 4.74 Å². The Labute approximate surface area is 180 Å². The fourth-order valence-electron chi connectivity index (χ4n) is 4.01. The van der Waals surface area contributed by atoms with Crippen LogP contribution in [0, 0.1) is 5.82 Å². The van der Waals surface area contributed by atoms with Gasteiger partial charge in [-0.3, -0.25) is 19.3 Å². The van der Waals surface area contributed by atoms with E-state index in [1.165, 1.54) is 29.2 Å². The summed E-state index contributed by atoms with van der Waals surface area (Å²) in [5.41, 5.74) is -0.00620. The average Bonchev–Trinajstić information content (AvgIpc) is 2.77. The van der Waals surface area contributed by atoms with Crippen LogP contribution in [0.1, 0.15) is 53.8 Å². The van der Waals surface area contributed by atoms with Crippen LogP contribution in [0.5, 0.6) is 5.75 Å². The van der Waals surface area contributed by atoms with Crippen LogP contribution in [0.15, 0.2) is 42.5 Å². The van der Waals surface area contributed by atoms with E-state index in [-0.39, 0.29) is 24.1 Å². The molecular weight excluding hydrogens is 399 g/mol. The molecule has 0 aliphatic carbocycles. The summed E-state index contributed by atoms with van der Waals surface area (Å²) in [6.45, 7) is 4.47. The molecule has 1 fully saturated rings. The first-order valence-corrected chi connectivity index (χ1v) is 10.5. The third-order valence-corrected chi connectivity index (χ3v) is 5.73. The Morgan fingerprint density at radius 2 is 1.65 bits per heavy atom. The molecule has 4 rings (SSSR count). The van der Waals surface area contributed by atoms with Crippen molar-refractivity contribution in [3.63, 3.8) is 0 Å². The summed E-state index contributed by atoms with van der Waals surface area (Å²) < 4.78 is 19.1. The van der Waals surface area contributed by atoms with E-state index in [1.54, 1.807) is 32.0 Å². The van der Waals surface area contributed by atoms with Crippen LogP contribution in [0.2, 0.25) is 0 Å². The SMILES string of the molecule is CC1(C)Oc2ccc(C(=O)N3CCCCC3)cc2N(CC(=O)c2ccc(F)cc2)C1=O. The monoisotopic (exact) mass is 424 g/mol. The fourth-order valence-corrected chi connectivity index (χ4v) is 4.01. The van der Waals surface area contributed by atoms with Gasteiger partial charge in [-0.15, -0.1) is 0 Å². The lowest BCUT2D eigenvalue weighted by molar-refractivity contribution is -0.132. The number of halogens is 1. The number of ketones is 1. The van der Waals surface area contributed by atoms with Crippen molar-refractivity contribution in [2.24, 2.45) is 0 Å². The molecule has 6 nitrogen and oxygen atoms in total. The summed E-state index contributed by atoms with van der Waals surface area (Å²) >= 11 is 0. The van der Waals surface area contributed by atoms with Gasteiger partial charge in [0.1, 0.15) is 11.6 Å². The van der Waals surface area contributed by atoms with Gasteiger partial charge in [-0.1, -0.05) is 0 Å². The van der Waals surface area contributed by atoms with Gasteiger partial charge in [-0.2, -0.15) is 0 Å². The minimum absolute atomic E-state index is 0.0930. The molecule has 162 valence electrons. The van der Waals surface area contributed by atoms with Crippen LogP contribution in [0.4, 0.5) is 10.1 Å². The number of carbonyl (C=O) groups excluding carboxylic acids is 3. The van der Waals surface area contributed by atoms with Crippen molar-refractivity contribution in [1.82, 2.24) is 4.90 Å². The summed E-state index contributed by atoms with van der Waals surface area (Å²) in [5.74, 6) is -0.801. The van der Waals surface area contributed by atoms with Gasteiger partial charge in [0.05, 0.1) is 12.2 Å². The maximum Gasteiger partial charge on any atom is 0.271 e. The molecule has 2 aromatic rings. The number of Topliss-reactive ketones (excluding diaryl/α,β-unsaturated/α-hetero) is 1. The lowest BCUT2D eigenvalue weighted by Gasteiger charge is -2.38. The van der Waals surface area contributed by atoms with Gasteiger partial charge >= 0.3 is 0 Å². The molecule has 0 aromatic heterocycles. The number of carbonyl (C=O) groups is 3. The number of ether oxygens (including phenoxy) is 1. The maximum absolute atomic E-state index is 13.2. The standard InChI is InChI=1S/C24H25FN2O4/c1-24(2)23(30)27(15-20(28)16-6-9-18(25)10-7-16)19-14-17(8-11-21(19)31-24)22(29)26-12-4-3-5-13-26/h6-11,14H,3-5,12-13,15H2,1-2H3. The van der Waals surface area contributed by atoms with E-state index in [2.05, 4.69) is 0 Å². The number of anilines is 1. The highest BCUT2D eigenvalue weighted by molar-refractivity contribution is 6.10. The Morgan fingerprint density at radius 1 is 1.00 bits per heavy atom. The van der Waals surface area contributed by atoms with Gasteiger partial charge in [-0.25, -0.2) is 4.39 Å². The number of amides is 2. The van der Waals surface area contributed by atoms with Crippen molar-refractivity contribution in [3.8, 4) is 5.75 Å². The van der Waals surface area contributed by atoms with Gasteiger partial charge in [-0.05, 0) is 75.6 Å². The minimum atomic E-state index is -1.16. The fraction of sp³-hybridized carbons (Fsp3) is 0.375. The molecule has 0 spiro atoms. The highest BCUT2D eigenvalue weighted by atomic mass is 19.1. The number of nitrogens with zero attached hydrogens (tertiary/aromatic N) is 2. The van der Waals surface area contributed by atoms with E-state index in [0.29, 0.717) is 35.7 Å². The molecule has 2 aliphatic heterocycles. The molecule has 2 amide bonds. The number of hydrogen-bond acceptors (Lipinski definition) is 4. The second kappa shape index (κ2) is 8.13. The molecule has 0 bridgehead atoms. The van der Waals surface area contributed by atoms with Crippen molar-refractivity contribution in [2.75, 3.05) is 24.5 Å². The summed E-state index contributed by atoms with van der Waals surface area (Å²) in [6.07, 6.45) is 3.07. The molecule has 2 heterocycles. The van der Waals surface area contributed by atoms with Gasteiger partial charge in [0.25, 0.3) is 11.8 Å². The highest BCUT2D eigenvalue weighted by Crippen LogP contribution is 2.38. The van der Waals surface area contributed by atoms with Gasteiger partial charge in [0.15, 0.2) is 11.4 Å². The number of fused-ring (bicyclic) bond motifs is 1. The molecule has 7 heteroatoms. The Morgan fingerprint density at radius 3 is 2.32 bits per heavy atom. The van der Waals surface area contributed by atoms with Crippen molar-refractivity contribution >= 4 is 23.3 Å². The topological polar surface area (TPSA) is 66.9 Å². The van der Waals surface area contributed by atoms with E-state index in [1.807, 2.05) is 4.90 Å². The maximum atomic E-state index is 13.2. The highest BCUT2D eigenvalue weighted by Gasteiger charge is 2.42. The normalized spacial score (nSPS) is 17.7. The van der Waals surface area contributed by atoms with Gasteiger partial charge in [0, 0.05) is 24.2 Å². The van der Waals surface area contributed by atoms with E-state index in [0.717, 1.165) is 19.3 Å². The molecule has 2 aromatic carbocycles. The van der Waals surface area contributed by atoms with Crippen molar-refractivity contribution in [1.29, 1.82) is 0 Å². The van der Waals surface area contributed by atoms with Crippen LogP contribution < -0.4 is 9.64 Å². The van der Waals surface area contributed by atoms with Gasteiger partial charge in [0.2, 0.25) is 0 Å². The molecule has 0 saturated carbocycles. The zero-order valence-corrected chi connectivity index (χ0v) is 17.7. The minimum Gasteiger partial charge on any atom is -0.476 e. The third kappa shape index (κ3) is 4.17. The molecule has 0 radical (unpaired) electrons. The van der Waals surface area contributed by atoms with E-state index >= 15 is 0 Å². The first-order chi connectivity index (χ1) is 14.8. The molecule has 0 atom stereocenters. The molecule has 0 unspecified atom stereocenters. The smallest absolute Gasteiger partial charge is 0.271 e. The van der Waals surface area contributed by atoms with Crippen LogP contribution >= 0.6 is 0 Å². The third-order valence-electron chi connectivity index (χ3n) is 5.73. The zero-order valence-electron chi connectivity index (χ0n) is 17.7. The number of piperidine rings is 1. The lowest BCUT2D eigenvalue weighted by atomic mass is 10.0. The lowest BCUT2D eigenvalue weighted by Crippen LogP contribution is -2.54. The summed E-state index contributed by atoms with van der Waals surface area (Å²) in [6, 6.07) is 10.2. The van der Waals surface area contributed by atoms with E-state index in [9.17, 15) is 18.8 Å². The molecule has 1 saturated heterocycles. The Hall–Kier alpha value is -3.22. The molecule has 2 aliphatic rings. The summed E-state index contributed by atoms with van der Waals surface area (Å²) in [7, 11) is 0. The second-order valence-electron chi connectivity index (χ2n) is 8.47. The predicted molar refractivity (Wildman–Crippen MR) is 114 cm³/mol. The second-order valence-corrected chi connectivity index (χ2v) is 8.47. The number of rotatable bonds is 4. The average molecular weight is 424 g/mol. The number of likely N-dealkylation sites (tertiary alicyclic amines) is 1. The van der Waals surface area contributed by atoms with Crippen LogP contribution in [-0.2, 0) is 4.79 Å². The predicted octanol–water partition coefficient (Wildman–Crippen LogP) is 3.84. The molecule has 0 N–H and O–H groups in total. The van der Waals surface area contributed by atoms with Crippen LogP contribution in [-0.4, -0.2) is 47.7 Å². The number of benzene rings is 2. The summed E-state index contributed by atoms with van der Waals surface area (Å²) in [4.78, 5) is 42.1. The Balaban J connectivity index is 1.66.